The number of nitrogens with one attached hydrogen (secondary N) is 2. The van der Waals surface area contributed by atoms with Crippen LogP contribution in [0.2, 0.25) is 0 Å². The summed E-state index contributed by atoms with van der Waals surface area (Å²) in [5, 5.41) is 5.93. The van der Waals surface area contributed by atoms with E-state index in [1.54, 1.807) is 6.08 Å². The van der Waals surface area contributed by atoms with E-state index < -0.39 is 0 Å². The highest BCUT2D eigenvalue weighted by molar-refractivity contribution is 7.80. The van der Waals surface area contributed by atoms with Gasteiger partial charge in [-0.05, 0) is 54.0 Å². The van der Waals surface area contributed by atoms with Crippen molar-refractivity contribution in [1.82, 2.24) is 5.32 Å². The fourth-order valence-corrected chi connectivity index (χ4v) is 2.82. The minimum absolute atomic E-state index is 0.260. The Balaban J connectivity index is 1.50. The van der Waals surface area contributed by atoms with Crippen molar-refractivity contribution >= 4 is 47.2 Å². The lowest BCUT2D eigenvalue weighted by molar-refractivity contribution is -0.115. The number of anilines is 1. The van der Waals surface area contributed by atoms with Crippen LogP contribution in [-0.2, 0) is 4.79 Å². The molecule has 29 heavy (non-hydrogen) atoms. The largest absolute Gasteiger partial charge is 0.332 e. The summed E-state index contributed by atoms with van der Waals surface area (Å²) < 4.78 is 0. The highest BCUT2D eigenvalue weighted by atomic mass is 32.1. The van der Waals surface area contributed by atoms with Crippen LogP contribution in [0.1, 0.15) is 22.3 Å². The maximum absolute atomic E-state index is 12.0. The number of hydrogen-bond acceptors (Lipinski definition) is 2. The van der Waals surface area contributed by atoms with Gasteiger partial charge in [0.05, 0.1) is 0 Å². The van der Waals surface area contributed by atoms with Crippen LogP contribution >= 0.6 is 12.2 Å². The first kappa shape index (κ1) is 20.2. The zero-order chi connectivity index (χ0) is 20.5. The van der Waals surface area contributed by atoms with E-state index in [0.717, 1.165) is 22.4 Å². The zero-order valence-electron chi connectivity index (χ0n) is 16.1. The molecule has 0 aliphatic carbocycles. The summed E-state index contributed by atoms with van der Waals surface area (Å²) in [5.74, 6) is -0.273. The minimum Gasteiger partial charge on any atom is -0.332 e. The Bertz CT molecular complexity index is 1020. The van der Waals surface area contributed by atoms with E-state index in [-0.39, 0.29) is 11.0 Å². The Hall–Kier alpha value is -3.50. The van der Waals surface area contributed by atoms with Crippen LogP contribution in [0.5, 0.6) is 0 Å². The number of benzene rings is 3. The molecule has 0 radical (unpaired) electrons. The molecule has 0 aliphatic rings. The molecular formula is C25H22N2OS. The SMILES string of the molecule is Cc1ccc(C=CC(=O)NC(=S)Nc2ccc(C=Cc3ccccc3)cc2)cc1. The average Bonchev–Trinajstić information content (AvgIpc) is 2.73. The summed E-state index contributed by atoms with van der Waals surface area (Å²) >= 11 is 5.22. The summed E-state index contributed by atoms with van der Waals surface area (Å²) in [4.78, 5) is 12.0. The molecule has 3 nitrogen and oxygen atoms in total. The van der Waals surface area contributed by atoms with Crippen LogP contribution in [0.4, 0.5) is 5.69 Å². The standard InChI is InChI=1S/C25H22N2OS/c1-19-7-9-21(10-8-19)15-18-24(28)27-25(29)26-23-16-13-22(14-17-23)12-11-20-5-3-2-4-6-20/h2-18H,1H3,(H2,26,27,28,29). The van der Waals surface area contributed by atoms with E-state index in [9.17, 15) is 4.79 Å². The number of amides is 1. The van der Waals surface area contributed by atoms with Gasteiger partial charge in [-0.2, -0.15) is 0 Å². The summed E-state index contributed by atoms with van der Waals surface area (Å²) in [5.41, 5.74) is 5.18. The van der Waals surface area contributed by atoms with Gasteiger partial charge in [-0.3, -0.25) is 10.1 Å². The van der Waals surface area contributed by atoms with Crippen molar-refractivity contribution in [1.29, 1.82) is 0 Å². The van der Waals surface area contributed by atoms with Crippen molar-refractivity contribution in [3.8, 4) is 0 Å². The quantitative estimate of drug-likeness (QED) is 0.329. The molecule has 1 amide bonds. The number of aryl methyl sites for hydroxylation is 1. The Morgan fingerprint density at radius 3 is 1.97 bits per heavy atom. The van der Waals surface area contributed by atoms with Crippen molar-refractivity contribution in [3.63, 3.8) is 0 Å². The highest BCUT2D eigenvalue weighted by Gasteiger charge is 2.01. The molecule has 0 saturated carbocycles. The van der Waals surface area contributed by atoms with E-state index in [4.69, 9.17) is 12.2 Å². The van der Waals surface area contributed by atoms with Crippen LogP contribution in [0.15, 0.2) is 84.9 Å². The second-order valence-electron chi connectivity index (χ2n) is 6.55. The lowest BCUT2D eigenvalue weighted by atomic mass is 10.1. The molecule has 0 atom stereocenters. The topological polar surface area (TPSA) is 41.1 Å². The van der Waals surface area contributed by atoms with E-state index in [0.29, 0.717) is 0 Å². The molecule has 2 N–H and O–H groups in total. The molecule has 3 aromatic rings. The molecule has 4 heteroatoms. The van der Waals surface area contributed by atoms with E-state index in [2.05, 4.69) is 34.9 Å². The molecule has 0 heterocycles. The normalized spacial score (nSPS) is 10.9. The van der Waals surface area contributed by atoms with Gasteiger partial charge in [0.1, 0.15) is 0 Å². The summed E-state index contributed by atoms with van der Waals surface area (Å²) in [7, 11) is 0. The number of thiocarbonyl (C=S) groups is 1. The molecule has 0 aromatic heterocycles. The van der Waals surface area contributed by atoms with Gasteiger partial charge in [0.25, 0.3) is 0 Å². The van der Waals surface area contributed by atoms with Gasteiger partial charge in [-0.15, -0.1) is 0 Å². The highest BCUT2D eigenvalue weighted by Crippen LogP contribution is 2.13. The Kier molecular flexibility index (Phi) is 7.09. The monoisotopic (exact) mass is 398 g/mol. The second-order valence-corrected chi connectivity index (χ2v) is 6.96. The third-order valence-electron chi connectivity index (χ3n) is 4.18. The molecule has 144 valence electrons. The van der Waals surface area contributed by atoms with Crippen LogP contribution < -0.4 is 10.6 Å². The summed E-state index contributed by atoms with van der Waals surface area (Å²) in [6.45, 7) is 2.02. The smallest absolute Gasteiger partial charge is 0.250 e. The van der Waals surface area contributed by atoms with Gasteiger partial charge >= 0.3 is 0 Å². The van der Waals surface area contributed by atoms with Gasteiger partial charge in [0.15, 0.2) is 5.11 Å². The van der Waals surface area contributed by atoms with E-state index in [1.807, 2.05) is 73.7 Å². The van der Waals surface area contributed by atoms with Gasteiger partial charge in [0, 0.05) is 11.8 Å². The molecule has 0 bridgehead atoms. The maximum atomic E-state index is 12.0. The first-order chi connectivity index (χ1) is 14.1. The number of rotatable bonds is 5. The lowest BCUT2D eigenvalue weighted by Gasteiger charge is -2.08. The van der Waals surface area contributed by atoms with Crippen LogP contribution in [0, 0.1) is 6.92 Å². The van der Waals surface area contributed by atoms with Crippen molar-refractivity contribution in [2.75, 3.05) is 5.32 Å². The van der Waals surface area contributed by atoms with Crippen LogP contribution in [0.25, 0.3) is 18.2 Å². The first-order valence-electron chi connectivity index (χ1n) is 9.28. The molecule has 0 saturated heterocycles. The van der Waals surface area contributed by atoms with Gasteiger partial charge < -0.3 is 5.32 Å². The van der Waals surface area contributed by atoms with Crippen molar-refractivity contribution in [2.45, 2.75) is 6.92 Å². The van der Waals surface area contributed by atoms with E-state index in [1.165, 1.54) is 11.6 Å². The zero-order valence-corrected chi connectivity index (χ0v) is 16.9. The Morgan fingerprint density at radius 1 is 0.759 bits per heavy atom. The van der Waals surface area contributed by atoms with Crippen molar-refractivity contribution in [3.05, 3.63) is 107 Å². The minimum atomic E-state index is -0.273. The second kappa shape index (κ2) is 10.2. The summed E-state index contributed by atoms with van der Waals surface area (Å²) in [6.07, 6.45) is 7.34. The molecule has 0 spiro atoms. The third kappa shape index (κ3) is 6.87. The fraction of sp³-hybridized carbons (Fsp3) is 0.0400. The predicted molar refractivity (Wildman–Crippen MR) is 126 cm³/mol. The first-order valence-corrected chi connectivity index (χ1v) is 9.69. The molecule has 3 aromatic carbocycles. The Labute approximate surface area is 176 Å². The van der Waals surface area contributed by atoms with Gasteiger partial charge in [-0.1, -0.05) is 84.4 Å². The van der Waals surface area contributed by atoms with E-state index >= 15 is 0 Å². The molecular weight excluding hydrogens is 376 g/mol. The van der Waals surface area contributed by atoms with Gasteiger partial charge in [0.2, 0.25) is 5.91 Å². The molecule has 0 aliphatic heterocycles. The number of carbonyl (C=O) groups excluding carboxylic acids is 1. The van der Waals surface area contributed by atoms with Gasteiger partial charge in [-0.25, -0.2) is 0 Å². The molecule has 3 rings (SSSR count). The van der Waals surface area contributed by atoms with Crippen molar-refractivity contribution < 1.29 is 4.79 Å². The summed E-state index contributed by atoms with van der Waals surface area (Å²) in [6, 6.07) is 25.9. The lowest BCUT2D eigenvalue weighted by Crippen LogP contribution is -2.32. The maximum Gasteiger partial charge on any atom is 0.250 e. The van der Waals surface area contributed by atoms with Crippen LogP contribution in [-0.4, -0.2) is 11.0 Å². The fourth-order valence-electron chi connectivity index (χ4n) is 2.60. The molecule has 0 unspecified atom stereocenters. The average molecular weight is 399 g/mol. The Morgan fingerprint density at radius 2 is 1.31 bits per heavy atom. The van der Waals surface area contributed by atoms with Crippen LogP contribution in [0.3, 0.4) is 0 Å². The van der Waals surface area contributed by atoms with Crippen molar-refractivity contribution in [2.24, 2.45) is 0 Å². The molecule has 0 fully saturated rings. The third-order valence-corrected chi connectivity index (χ3v) is 4.38. The number of carbonyl (C=O) groups is 1. The predicted octanol–water partition coefficient (Wildman–Crippen LogP) is 5.69. The number of hydrogen-bond donors (Lipinski definition) is 2.